The number of benzene rings is 1. The Morgan fingerprint density at radius 3 is 2.27 bits per heavy atom. The molecule has 0 unspecified atom stereocenters. The molecule has 1 aromatic carbocycles. The normalized spacial score (nSPS) is 26.1. The van der Waals surface area contributed by atoms with Crippen LogP contribution in [0.5, 0.6) is 0 Å². The molecule has 3 saturated heterocycles. The Morgan fingerprint density at radius 1 is 1.00 bits per heavy atom. The Hall–Kier alpha value is -2.32. The lowest BCUT2D eigenvalue weighted by Crippen LogP contribution is -2.47. The van der Waals surface area contributed by atoms with Crippen molar-refractivity contribution < 1.29 is 23.9 Å². The minimum absolute atomic E-state index is 0.0371. The molecule has 0 radical (unpaired) electrons. The van der Waals surface area contributed by atoms with Gasteiger partial charge in [-0.2, -0.15) is 0 Å². The Bertz CT molecular complexity index is 1000. The Kier molecular flexibility index (Phi) is 7.68. The number of ether oxygens (including phenoxy) is 2. The summed E-state index contributed by atoms with van der Waals surface area (Å²) in [5.74, 6) is 0.231. The number of piperidine rings is 1. The summed E-state index contributed by atoms with van der Waals surface area (Å²) in [6, 6.07) is 7.47. The van der Waals surface area contributed by atoms with Crippen molar-refractivity contribution in [3.63, 3.8) is 0 Å². The summed E-state index contributed by atoms with van der Waals surface area (Å²) in [5.41, 5.74) is 0.878. The summed E-state index contributed by atoms with van der Waals surface area (Å²) in [7, 11) is 1.77. The predicted octanol–water partition coefficient (Wildman–Crippen LogP) is 3.92. The molecule has 0 spiro atoms. The van der Waals surface area contributed by atoms with Gasteiger partial charge in [0.05, 0.1) is 19.3 Å². The molecule has 9 heteroatoms. The summed E-state index contributed by atoms with van der Waals surface area (Å²) >= 11 is 6.14. The molecule has 1 aliphatic carbocycles. The molecule has 0 N–H and O–H groups in total. The Morgan fingerprint density at radius 2 is 1.65 bits per heavy atom. The zero-order chi connectivity index (χ0) is 26.2. The molecule has 3 amide bonds. The number of nitrogens with zero attached hydrogens (tertiary/aromatic N) is 3. The summed E-state index contributed by atoms with van der Waals surface area (Å²) in [6.07, 6.45) is 4.23. The average molecular weight is 532 g/mol. The minimum Gasteiger partial charge on any atom is -0.446 e. The van der Waals surface area contributed by atoms with Gasteiger partial charge in [0.1, 0.15) is 6.10 Å². The van der Waals surface area contributed by atoms with Gasteiger partial charge in [0.25, 0.3) is 0 Å². The van der Waals surface area contributed by atoms with Crippen LogP contribution in [0.1, 0.15) is 56.9 Å². The molecule has 1 saturated carbocycles. The first kappa shape index (κ1) is 26.3. The van der Waals surface area contributed by atoms with Crippen molar-refractivity contribution in [2.24, 2.45) is 11.3 Å². The van der Waals surface area contributed by atoms with Crippen LogP contribution in [0.25, 0.3) is 0 Å². The highest BCUT2D eigenvalue weighted by molar-refractivity contribution is 6.30. The van der Waals surface area contributed by atoms with Crippen molar-refractivity contribution in [3.05, 3.63) is 34.9 Å². The largest absolute Gasteiger partial charge is 0.446 e. The SMILES string of the molecule is CN(C(=O)OC1CCOCC1)[C@@H]1CN(C(=O)C2CCN(C(=O)C3(C)CC3)CC2)C[C@H]1c1ccc(Cl)cc1. The van der Waals surface area contributed by atoms with Crippen LogP contribution in [-0.4, -0.2) is 91.2 Å². The molecule has 1 aromatic rings. The molecule has 0 bridgehead atoms. The second-order valence-electron chi connectivity index (χ2n) is 11.4. The van der Waals surface area contributed by atoms with E-state index in [1.165, 1.54) is 0 Å². The van der Waals surface area contributed by atoms with Crippen molar-refractivity contribution in [1.82, 2.24) is 14.7 Å². The number of rotatable bonds is 5. The van der Waals surface area contributed by atoms with Crippen molar-refractivity contribution in [1.29, 1.82) is 0 Å². The number of halogens is 1. The molecule has 5 rings (SSSR count). The van der Waals surface area contributed by atoms with Gasteiger partial charge in [-0.05, 0) is 43.4 Å². The van der Waals surface area contributed by atoms with Gasteiger partial charge in [0.15, 0.2) is 0 Å². The lowest BCUT2D eigenvalue weighted by molar-refractivity contribution is -0.142. The van der Waals surface area contributed by atoms with Gasteiger partial charge in [0.2, 0.25) is 11.8 Å². The van der Waals surface area contributed by atoms with Crippen LogP contribution in [0, 0.1) is 11.3 Å². The molecule has 202 valence electrons. The number of hydrogen-bond acceptors (Lipinski definition) is 5. The number of amides is 3. The molecule has 8 nitrogen and oxygen atoms in total. The Balaban J connectivity index is 1.25. The topological polar surface area (TPSA) is 79.4 Å². The smallest absolute Gasteiger partial charge is 0.410 e. The fraction of sp³-hybridized carbons (Fsp3) is 0.679. The van der Waals surface area contributed by atoms with Crippen LogP contribution in [0.15, 0.2) is 24.3 Å². The second kappa shape index (κ2) is 10.8. The predicted molar refractivity (Wildman–Crippen MR) is 139 cm³/mol. The molecule has 3 heterocycles. The zero-order valence-electron chi connectivity index (χ0n) is 21.9. The molecule has 4 fully saturated rings. The van der Waals surface area contributed by atoms with Crippen LogP contribution < -0.4 is 0 Å². The van der Waals surface area contributed by atoms with E-state index in [9.17, 15) is 14.4 Å². The maximum absolute atomic E-state index is 13.6. The van der Waals surface area contributed by atoms with Crippen LogP contribution in [0.3, 0.4) is 0 Å². The van der Waals surface area contributed by atoms with E-state index in [1.807, 2.05) is 41.0 Å². The van der Waals surface area contributed by atoms with Gasteiger partial charge in [-0.25, -0.2) is 4.79 Å². The van der Waals surface area contributed by atoms with Crippen molar-refractivity contribution in [2.45, 2.75) is 63.5 Å². The maximum atomic E-state index is 13.6. The number of likely N-dealkylation sites (tertiary alicyclic amines) is 2. The van der Waals surface area contributed by atoms with E-state index in [0.29, 0.717) is 70.1 Å². The van der Waals surface area contributed by atoms with Crippen LogP contribution in [0.2, 0.25) is 5.02 Å². The fourth-order valence-corrected chi connectivity index (χ4v) is 6.05. The van der Waals surface area contributed by atoms with E-state index < -0.39 is 0 Å². The highest BCUT2D eigenvalue weighted by Gasteiger charge is 2.48. The monoisotopic (exact) mass is 531 g/mol. The summed E-state index contributed by atoms with van der Waals surface area (Å²) in [4.78, 5) is 45.0. The van der Waals surface area contributed by atoms with Gasteiger partial charge >= 0.3 is 6.09 Å². The van der Waals surface area contributed by atoms with Crippen LogP contribution in [0.4, 0.5) is 4.79 Å². The average Bonchev–Trinajstić information content (AvgIpc) is 3.52. The van der Waals surface area contributed by atoms with Crippen molar-refractivity contribution in [2.75, 3.05) is 46.4 Å². The maximum Gasteiger partial charge on any atom is 0.410 e. The van der Waals surface area contributed by atoms with Gasteiger partial charge in [-0.1, -0.05) is 30.7 Å². The zero-order valence-corrected chi connectivity index (χ0v) is 22.6. The molecule has 37 heavy (non-hydrogen) atoms. The van der Waals surface area contributed by atoms with E-state index >= 15 is 0 Å². The first-order valence-electron chi connectivity index (χ1n) is 13.6. The van der Waals surface area contributed by atoms with E-state index in [4.69, 9.17) is 21.1 Å². The molecule has 2 atom stereocenters. The second-order valence-corrected chi connectivity index (χ2v) is 11.8. The van der Waals surface area contributed by atoms with Gasteiger partial charge in [-0.3, -0.25) is 9.59 Å². The highest BCUT2D eigenvalue weighted by atomic mass is 35.5. The third-order valence-corrected chi connectivity index (χ3v) is 9.02. The van der Waals surface area contributed by atoms with E-state index in [-0.39, 0.29) is 47.3 Å². The summed E-state index contributed by atoms with van der Waals surface area (Å²) < 4.78 is 11.2. The van der Waals surface area contributed by atoms with Crippen LogP contribution in [-0.2, 0) is 19.1 Å². The molecule has 3 aliphatic heterocycles. The number of likely N-dealkylation sites (N-methyl/N-ethyl adjacent to an activating group) is 1. The van der Waals surface area contributed by atoms with Crippen LogP contribution >= 0.6 is 11.6 Å². The van der Waals surface area contributed by atoms with Gasteiger partial charge in [-0.15, -0.1) is 0 Å². The summed E-state index contributed by atoms with van der Waals surface area (Å²) in [6.45, 7) is 5.52. The lowest BCUT2D eigenvalue weighted by Gasteiger charge is -2.34. The summed E-state index contributed by atoms with van der Waals surface area (Å²) in [5, 5.41) is 0.653. The third-order valence-electron chi connectivity index (χ3n) is 8.77. The Labute approximate surface area is 224 Å². The van der Waals surface area contributed by atoms with E-state index in [1.54, 1.807) is 11.9 Å². The number of carbonyl (C=O) groups is 3. The first-order valence-corrected chi connectivity index (χ1v) is 14.0. The highest BCUT2D eigenvalue weighted by Crippen LogP contribution is 2.47. The van der Waals surface area contributed by atoms with Crippen molar-refractivity contribution >= 4 is 29.5 Å². The number of hydrogen-bond donors (Lipinski definition) is 0. The fourth-order valence-electron chi connectivity index (χ4n) is 5.92. The third kappa shape index (κ3) is 5.75. The number of carbonyl (C=O) groups excluding carboxylic acids is 3. The molecule has 0 aromatic heterocycles. The molecular weight excluding hydrogens is 494 g/mol. The van der Waals surface area contributed by atoms with Crippen molar-refractivity contribution in [3.8, 4) is 0 Å². The van der Waals surface area contributed by atoms with E-state index in [2.05, 4.69) is 0 Å². The van der Waals surface area contributed by atoms with Gasteiger partial charge < -0.3 is 24.2 Å². The standard InChI is InChI=1S/C28H38ClN3O5/c1-28(11-12-28)26(34)31-13-7-20(8-14-31)25(33)32-17-23(19-3-5-21(29)6-4-19)24(18-32)30(2)27(35)37-22-9-15-36-16-10-22/h3-6,20,22-24H,7-18H2,1-2H3/t23-,24+/m0/s1. The quantitative estimate of drug-likeness (QED) is 0.575. The lowest BCUT2D eigenvalue weighted by atomic mass is 9.93. The minimum atomic E-state index is -0.356. The van der Waals surface area contributed by atoms with Gasteiger partial charge in [0, 0.05) is 68.3 Å². The first-order chi connectivity index (χ1) is 17.7. The molecule has 4 aliphatic rings. The molecular formula is C28H38ClN3O5. The van der Waals surface area contributed by atoms with E-state index in [0.717, 1.165) is 18.4 Å².